The predicted octanol–water partition coefficient (Wildman–Crippen LogP) is 2.81. The molecule has 1 aromatic rings. The van der Waals surface area contributed by atoms with Gasteiger partial charge in [0.1, 0.15) is 5.75 Å². The van der Waals surface area contributed by atoms with E-state index in [-0.39, 0.29) is 6.61 Å². The molecule has 0 aliphatic rings. The highest BCUT2D eigenvalue weighted by Crippen LogP contribution is 2.25. The molecule has 1 rings (SSSR count). The van der Waals surface area contributed by atoms with Gasteiger partial charge in [0.15, 0.2) is 0 Å². The Morgan fingerprint density at radius 1 is 1.31 bits per heavy atom. The lowest BCUT2D eigenvalue weighted by Crippen LogP contribution is -2.16. The Kier molecular flexibility index (Phi) is 4.81. The van der Waals surface area contributed by atoms with Crippen LogP contribution >= 0.6 is 0 Å². The molecular weight excluding hydrogens is 200 g/mol. The van der Waals surface area contributed by atoms with Crippen LogP contribution in [0.15, 0.2) is 18.2 Å². The smallest absolute Gasteiger partial charge is 0.122 e. The predicted molar refractivity (Wildman–Crippen MR) is 66.8 cm³/mol. The van der Waals surface area contributed by atoms with Crippen LogP contribution in [-0.2, 0) is 6.42 Å². The summed E-state index contributed by atoms with van der Waals surface area (Å²) in [4.78, 5) is 0. The third-order valence-electron chi connectivity index (χ3n) is 3.10. The van der Waals surface area contributed by atoms with Gasteiger partial charge in [-0.1, -0.05) is 31.5 Å². The Labute approximate surface area is 98.3 Å². The van der Waals surface area contributed by atoms with E-state index in [2.05, 4.69) is 26.8 Å². The van der Waals surface area contributed by atoms with E-state index in [1.807, 2.05) is 12.1 Å². The Morgan fingerprint density at radius 3 is 2.50 bits per heavy atom. The van der Waals surface area contributed by atoms with Gasteiger partial charge in [0.05, 0.1) is 7.11 Å². The summed E-state index contributed by atoms with van der Waals surface area (Å²) in [7, 11) is 1.69. The summed E-state index contributed by atoms with van der Waals surface area (Å²) in [5.41, 5.74) is 2.42. The highest BCUT2D eigenvalue weighted by Gasteiger charge is 2.15. The topological polar surface area (TPSA) is 29.5 Å². The summed E-state index contributed by atoms with van der Waals surface area (Å²) in [5, 5.41) is 9.35. The number of hydrogen-bond donors (Lipinski definition) is 1. The van der Waals surface area contributed by atoms with Crippen LogP contribution in [0.3, 0.4) is 0 Å². The number of methoxy groups -OCH3 is 1. The molecule has 2 heteroatoms. The third kappa shape index (κ3) is 3.24. The van der Waals surface area contributed by atoms with Gasteiger partial charge >= 0.3 is 0 Å². The van der Waals surface area contributed by atoms with Crippen molar-refractivity contribution in [2.75, 3.05) is 13.7 Å². The molecule has 0 radical (unpaired) electrons. The molecule has 0 fully saturated rings. The van der Waals surface area contributed by atoms with Gasteiger partial charge in [-0.3, -0.25) is 0 Å². The molecule has 0 aromatic heterocycles. The quantitative estimate of drug-likeness (QED) is 0.830. The first-order chi connectivity index (χ1) is 7.58. The first-order valence-electron chi connectivity index (χ1n) is 5.82. The standard InChI is InChI=1S/C14H22O2/c1-10(2)13(9-15)8-12-7-11(3)5-6-14(12)16-4/h5-7,10,13,15H,8-9H2,1-4H3. The molecule has 0 saturated carbocycles. The molecule has 0 aliphatic carbocycles. The van der Waals surface area contributed by atoms with Crippen molar-refractivity contribution in [2.45, 2.75) is 27.2 Å². The SMILES string of the molecule is COc1ccc(C)cc1CC(CO)C(C)C. The molecule has 2 nitrogen and oxygen atoms in total. The van der Waals surface area contributed by atoms with Crippen molar-refractivity contribution in [3.8, 4) is 5.75 Å². The van der Waals surface area contributed by atoms with Crippen molar-refractivity contribution in [1.82, 2.24) is 0 Å². The largest absolute Gasteiger partial charge is 0.496 e. The molecule has 16 heavy (non-hydrogen) atoms. The van der Waals surface area contributed by atoms with E-state index in [0.717, 1.165) is 12.2 Å². The fourth-order valence-corrected chi connectivity index (χ4v) is 1.86. The van der Waals surface area contributed by atoms with E-state index in [1.165, 1.54) is 11.1 Å². The second-order valence-electron chi connectivity index (χ2n) is 4.71. The van der Waals surface area contributed by atoms with E-state index >= 15 is 0 Å². The summed E-state index contributed by atoms with van der Waals surface area (Å²) < 4.78 is 5.34. The number of rotatable bonds is 5. The molecule has 1 aromatic carbocycles. The lowest BCUT2D eigenvalue weighted by Gasteiger charge is -2.19. The zero-order valence-corrected chi connectivity index (χ0v) is 10.7. The van der Waals surface area contributed by atoms with Gasteiger partial charge in [-0.15, -0.1) is 0 Å². The molecule has 0 aliphatic heterocycles. The van der Waals surface area contributed by atoms with Crippen molar-refractivity contribution in [3.05, 3.63) is 29.3 Å². The maximum atomic E-state index is 9.35. The monoisotopic (exact) mass is 222 g/mol. The molecule has 0 heterocycles. The van der Waals surface area contributed by atoms with Crippen LogP contribution < -0.4 is 4.74 Å². The summed E-state index contributed by atoms with van der Waals surface area (Å²) >= 11 is 0. The van der Waals surface area contributed by atoms with Crippen LogP contribution in [0, 0.1) is 18.8 Å². The normalized spacial score (nSPS) is 12.9. The van der Waals surface area contributed by atoms with Crippen LogP contribution in [0.5, 0.6) is 5.75 Å². The first kappa shape index (κ1) is 13.0. The first-order valence-corrected chi connectivity index (χ1v) is 5.82. The maximum Gasteiger partial charge on any atom is 0.122 e. The lowest BCUT2D eigenvalue weighted by molar-refractivity contribution is 0.188. The van der Waals surface area contributed by atoms with Gasteiger partial charge in [0, 0.05) is 6.61 Å². The number of ether oxygens (including phenoxy) is 1. The molecule has 0 spiro atoms. The van der Waals surface area contributed by atoms with E-state index in [0.29, 0.717) is 11.8 Å². The van der Waals surface area contributed by atoms with Gasteiger partial charge in [0.25, 0.3) is 0 Å². The number of benzene rings is 1. The summed E-state index contributed by atoms with van der Waals surface area (Å²) in [5.74, 6) is 1.70. The van der Waals surface area contributed by atoms with Crippen molar-refractivity contribution >= 4 is 0 Å². The van der Waals surface area contributed by atoms with E-state index in [1.54, 1.807) is 7.11 Å². The minimum absolute atomic E-state index is 0.231. The fraction of sp³-hybridized carbons (Fsp3) is 0.571. The summed E-state index contributed by atoms with van der Waals surface area (Å²) in [6.45, 7) is 6.59. The van der Waals surface area contributed by atoms with E-state index < -0.39 is 0 Å². The van der Waals surface area contributed by atoms with Gasteiger partial charge < -0.3 is 9.84 Å². The van der Waals surface area contributed by atoms with Crippen LogP contribution in [0.4, 0.5) is 0 Å². The molecule has 0 bridgehead atoms. The highest BCUT2D eigenvalue weighted by atomic mass is 16.5. The molecule has 90 valence electrons. The van der Waals surface area contributed by atoms with Crippen molar-refractivity contribution < 1.29 is 9.84 Å². The summed E-state index contributed by atoms with van der Waals surface area (Å²) in [6.07, 6.45) is 0.874. The zero-order valence-electron chi connectivity index (χ0n) is 10.7. The molecule has 1 atom stereocenters. The van der Waals surface area contributed by atoms with Gasteiger partial charge in [-0.25, -0.2) is 0 Å². The van der Waals surface area contributed by atoms with Gasteiger partial charge in [-0.2, -0.15) is 0 Å². The summed E-state index contributed by atoms with van der Waals surface area (Å²) in [6, 6.07) is 6.19. The molecule has 1 unspecified atom stereocenters. The number of hydrogen-bond acceptors (Lipinski definition) is 2. The van der Waals surface area contributed by atoms with Crippen molar-refractivity contribution in [3.63, 3.8) is 0 Å². The Bertz CT molecular complexity index is 332. The van der Waals surface area contributed by atoms with Crippen LogP contribution in [0.25, 0.3) is 0 Å². The average molecular weight is 222 g/mol. The number of aryl methyl sites for hydroxylation is 1. The van der Waals surface area contributed by atoms with E-state index in [9.17, 15) is 5.11 Å². The molecule has 0 saturated heterocycles. The van der Waals surface area contributed by atoms with E-state index in [4.69, 9.17) is 4.74 Å². The Hall–Kier alpha value is -1.02. The molecular formula is C14H22O2. The third-order valence-corrected chi connectivity index (χ3v) is 3.10. The van der Waals surface area contributed by atoms with Crippen LogP contribution in [-0.4, -0.2) is 18.8 Å². The second-order valence-corrected chi connectivity index (χ2v) is 4.71. The Morgan fingerprint density at radius 2 is 2.00 bits per heavy atom. The maximum absolute atomic E-state index is 9.35. The van der Waals surface area contributed by atoms with Crippen molar-refractivity contribution in [2.24, 2.45) is 11.8 Å². The second kappa shape index (κ2) is 5.90. The average Bonchev–Trinajstić information content (AvgIpc) is 2.25. The number of aliphatic hydroxyl groups excluding tert-OH is 1. The minimum atomic E-state index is 0.231. The van der Waals surface area contributed by atoms with Crippen LogP contribution in [0.1, 0.15) is 25.0 Å². The molecule has 0 amide bonds. The lowest BCUT2D eigenvalue weighted by atomic mass is 9.89. The van der Waals surface area contributed by atoms with Crippen molar-refractivity contribution in [1.29, 1.82) is 0 Å². The number of aliphatic hydroxyl groups is 1. The van der Waals surface area contributed by atoms with Gasteiger partial charge in [-0.05, 0) is 36.8 Å². The fourth-order valence-electron chi connectivity index (χ4n) is 1.86. The minimum Gasteiger partial charge on any atom is -0.496 e. The van der Waals surface area contributed by atoms with Crippen LogP contribution in [0.2, 0.25) is 0 Å². The Balaban J connectivity index is 2.89. The molecule has 1 N–H and O–H groups in total. The van der Waals surface area contributed by atoms with Gasteiger partial charge in [0.2, 0.25) is 0 Å². The zero-order chi connectivity index (χ0) is 12.1. The highest BCUT2D eigenvalue weighted by molar-refractivity contribution is 5.37.